The Balaban J connectivity index is 1.39. The number of aliphatic hydroxyl groups excluding tert-OH is 1. The van der Waals surface area contributed by atoms with Gasteiger partial charge in [0.1, 0.15) is 23.4 Å². The highest BCUT2D eigenvalue weighted by Crippen LogP contribution is 2.45. The minimum Gasteiger partial charge on any atom is -0.507 e. The van der Waals surface area contributed by atoms with Crippen LogP contribution in [0, 0.1) is 6.92 Å². The molecule has 10 heteroatoms. The van der Waals surface area contributed by atoms with E-state index in [2.05, 4.69) is 34.5 Å². The molecule has 1 fully saturated rings. The van der Waals surface area contributed by atoms with E-state index in [4.69, 9.17) is 9.47 Å². The summed E-state index contributed by atoms with van der Waals surface area (Å²) in [7, 11) is 0. The highest BCUT2D eigenvalue weighted by atomic mass is 32.2. The molecule has 1 saturated heterocycles. The number of anilines is 1. The van der Waals surface area contributed by atoms with Gasteiger partial charge in [-0.3, -0.25) is 14.5 Å². The fraction of sp³-hybridized carbons (Fsp3) is 0.250. The summed E-state index contributed by atoms with van der Waals surface area (Å²) in [4.78, 5) is 28.6. The maximum absolute atomic E-state index is 13.6. The van der Waals surface area contributed by atoms with Crippen LogP contribution >= 0.6 is 23.1 Å². The second kappa shape index (κ2) is 11.6. The van der Waals surface area contributed by atoms with Crippen molar-refractivity contribution in [3.8, 4) is 11.5 Å². The second-order valence-corrected chi connectivity index (χ2v) is 12.4. The number of aromatic nitrogens is 2. The van der Waals surface area contributed by atoms with Crippen LogP contribution in [-0.2, 0) is 21.8 Å². The first-order valence-electron chi connectivity index (χ1n) is 13.7. The highest BCUT2D eigenvalue weighted by molar-refractivity contribution is 8.00. The number of rotatable bonds is 8. The number of hydrogen-bond acceptors (Lipinski definition) is 9. The summed E-state index contributed by atoms with van der Waals surface area (Å²) in [6, 6.07) is 19.9. The van der Waals surface area contributed by atoms with Crippen LogP contribution in [0.15, 0.2) is 76.6 Å². The van der Waals surface area contributed by atoms with Gasteiger partial charge in [0.15, 0.2) is 4.34 Å². The van der Waals surface area contributed by atoms with Gasteiger partial charge in [-0.2, -0.15) is 0 Å². The van der Waals surface area contributed by atoms with Gasteiger partial charge in [-0.15, -0.1) is 10.2 Å². The molecule has 1 N–H and O–H groups in total. The Bertz CT molecular complexity index is 1700. The predicted octanol–water partition coefficient (Wildman–Crippen LogP) is 6.49. The Hall–Kier alpha value is -4.15. The van der Waals surface area contributed by atoms with E-state index in [0.717, 1.165) is 16.9 Å². The number of carbonyl (C=O) groups is 2. The number of benzene rings is 3. The number of ether oxygens (including phenoxy) is 2. The first kappa shape index (κ1) is 28.0. The molecule has 0 spiro atoms. The maximum Gasteiger partial charge on any atom is 0.301 e. The lowest BCUT2D eigenvalue weighted by Crippen LogP contribution is -2.29. The summed E-state index contributed by atoms with van der Waals surface area (Å²) in [5.74, 6) is 0.236. The van der Waals surface area contributed by atoms with Crippen LogP contribution in [0.3, 0.4) is 0 Å². The van der Waals surface area contributed by atoms with Gasteiger partial charge in [-0.25, -0.2) is 0 Å². The topological polar surface area (TPSA) is 102 Å². The number of thioether (sulfide) groups is 1. The third-order valence-corrected chi connectivity index (χ3v) is 9.31. The lowest BCUT2D eigenvalue weighted by atomic mass is 9.94. The molecule has 0 aliphatic carbocycles. The van der Waals surface area contributed by atoms with E-state index in [9.17, 15) is 14.7 Å². The van der Waals surface area contributed by atoms with Crippen LogP contribution in [0.4, 0.5) is 5.13 Å². The van der Waals surface area contributed by atoms with Crippen molar-refractivity contribution in [2.24, 2.45) is 0 Å². The molecule has 8 nitrogen and oxygen atoms in total. The fourth-order valence-corrected chi connectivity index (χ4v) is 7.02. The third kappa shape index (κ3) is 5.39. The second-order valence-electron chi connectivity index (χ2n) is 10.3. The Morgan fingerprint density at radius 1 is 1.12 bits per heavy atom. The quantitative estimate of drug-likeness (QED) is 0.0807. The first-order chi connectivity index (χ1) is 20.3. The molecular formula is C32H29N3O5S2. The molecular weight excluding hydrogens is 571 g/mol. The number of aliphatic hydroxyl groups is 1. The van der Waals surface area contributed by atoms with Gasteiger partial charge in [0.05, 0.1) is 18.2 Å². The normalized spacial score (nSPS) is 19.2. The molecule has 1 aromatic heterocycles. The lowest BCUT2D eigenvalue weighted by molar-refractivity contribution is -0.132. The van der Waals surface area contributed by atoms with Gasteiger partial charge in [0.2, 0.25) is 5.13 Å². The van der Waals surface area contributed by atoms with E-state index in [1.807, 2.05) is 39.0 Å². The first-order valence-corrected chi connectivity index (χ1v) is 15.5. The molecule has 42 heavy (non-hydrogen) atoms. The van der Waals surface area contributed by atoms with Gasteiger partial charge in [-0.05, 0) is 67.8 Å². The average molecular weight is 600 g/mol. The van der Waals surface area contributed by atoms with Gasteiger partial charge < -0.3 is 14.6 Å². The summed E-state index contributed by atoms with van der Waals surface area (Å²) in [6.45, 7) is 6.36. The van der Waals surface area contributed by atoms with E-state index in [-0.39, 0.29) is 22.6 Å². The SMILES string of the molecule is CCOc1cccc([C@@H]2/C(=C(\O)c3ccc4c(c3)C[C@@H](C)O4)C(=O)C(=O)N2c2nnc(SCc3ccc(C)cc3)s2)c1. The molecule has 3 aromatic carbocycles. The molecule has 0 bridgehead atoms. The molecule has 3 heterocycles. The molecule has 2 aliphatic rings. The number of aryl methyl sites for hydroxylation is 1. The zero-order valence-electron chi connectivity index (χ0n) is 23.4. The molecule has 6 rings (SSSR count). The van der Waals surface area contributed by atoms with Gasteiger partial charge >= 0.3 is 5.91 Å². The monoisotopic (exact) mass is 599 g/mol. The summed E-state index contributed by atoms with van der Waals surface area (Å²) in [5, 5.41) is 20.5. The Morgan fingerprint density at radius 3 is 2.71 bits per heavy atom. The van der Waals surface area contributed by atoms with Crippen LogP contribution in [-0.4, -0.2) is 39.7 Å². The zero-order chi connectivity index (χ0) is 29.4. The van der Waals surface area contributed by atoms with Crippen molar-refractivity contribution in [1.82, 2.24) is 10.2 Å². The molecule has 2 aliphatic heterocycles. The number of carbonyl (C=O) groups excluding carboxylic acids is 2. The summed E-state index contributed by atoms with van der Waals surface area (Å²) in [6.07, 6.45) is 0.720. The van der Waals surface area contributed by atoms with Gasteiger partial charge in [-0.1, -0.05) is 65.1 Å². The number of hydrogen-bond donors (Lipinski definition) is 1. The number of ketones is 1. The molecule has 0 saturated carbocycles. The van der Waals surface area contributed by atoms with Crippen molar-refractivity contribution in [1.29, 1.82) is 0 Å². The predicted molar refractivity (Wildman–Crippen MR) is 163 cm³/mol. The van der Waals surface area contributed by atoms with Crippen LogP contribution < -0.4 is 14.4 Å². The van der Waals surface area contributed by atoms with Gasteiger partial charge in [0.25, 0.3) is 5.78 Å². The minimum atomic E-state index is -0.920. The van der Waals surface area contributed by atoms with E-state index in [0.29, 0.717) is 40.0 Å². The van der Waals surface area contributed by atoms with Crippen LogP contribution in [0.5, 0.6) is 11.5 Å². The molecule has 0 radical (unpaired) electrons. The van der Waals surface area contributed by atoms with E-state index in [1.165, 1.54) is 33.6 Å². The smallest absolute Gasteiger partial charge is 0.301 e. The number of amides is 1. The van der Waals surface area contributed by atoms with Crippen molar-refractivity contribution < 1.29 is 24.2 Å². The van der Waals surface area contributed by atoms with E-state index >= 15 is 0 Å². The summed E-state index contributed by atoms with van der Waals surface area (Å²) < 4.78 is 12.2. The summed E-state index contributed by atoms with van der Waals surface area (Å²) in [5.41, 5.74) is 4.32. The number of nitrogens with zero attached hydrogens (tertiary/aromatic N) is 3. The standard InChI is InChI=1S/C32H29N3O5S2/c1-4-39-24-7-5-6-21(16-24)27-26(28(36)22-12-13-25-23(15-22)14-19(3)40-25)29(37)30(38)35(27)31-33-34-32(42-31)41-17-20-10-8-18(2)9-11-20/h5-13,15-16,19,27,36H,4,14,17H2,1-3H3/b28-26+/t19-,27-/m1/s1. The number of Topliss-reactive ketones (excluding diaryl/α,β-unsaturated/α-hetero) is 1. The molecule has 214 valence electrons. The van der Waals surface area contributed by atoms with Crippen LogP contribution in [0.2, 0.25) is 0 Å². The third-order valence-electron chi connectivity index (χ3n) is 7.18. The summed E-state index contributed by atoms with van der Waals surface area (Å²) >= 11 is 2.75. The Labute approximate surface area is 252 Å². The van der Waals surface area contributed by atoms with Gasteiger partial charge in [0, 0.05) is 17.7 Å². The van der Waals surface area contributed by atoms with E-state index < -0.39 is 17.7 Å². The lowest BCUT2D eigenvalue weighted by Gasteiger charge is -2.23. The Morgan fingerprint density at radius 2 is 1.93 bits per heavy atom. The fourth-order valence-electron chi connectivity index (χ4n) is 5.20. The largest absolute Gasteiger partial charge is 0.507 e. The zero-order valence-corrected chi connectivity index (χ0v) is 25.0. The van der Waals surface area contributed by atoms with Crippen molar-refractivity contribution >= 4 is 45.7 Å². The highest BCUT2D eigenvalue weighted by Gasteiger charge is 2.48. The maximum atomic E-state index is 13.6. The van der Waals surface area contributed by atoms with E-state index in [1.54, 1.807) is 24.3 Å². The molecule has 1 amide bonds. The average Bonchev–Trinajstić information content (AvgIpc) is 3.67. The van der Waals surface area contributed by atoms with Crippen molar-refractivity contribution in [3.05, 3.63) is 100 Å². The molecule has 0 unspecified atom stereocenters. The Kier molecular flexibility index (Phi) is 7.74. The van der Waals surface area contributed by atoms with Crippen molar-refractivity contribution in [2.75, 3.05) is 11.5 Å². The molecule has 4 aromatic rings. The van der Waals surface area contributed by atoms with Crippen molar-refractivity contribution in [2.45, 2.75) is 49.4 Å². The minimum absolute atomic E-state index is 0.00961. The molecule has 2 atom stereocenters. The van der Waals surface area contributed by atoms with Crippen molar-refractivity contribution in [3.63, 3.8) is 0 Å². The van der Waals surface area contributed by atoms with Crippen LogP contribution in [0.1, 0.15) is 47.7 Å². The number of fused-ring (bicyclic) bond motifs is 1. The van der Waals surface area contributed by atoms with Crippen LogP contribution in [0.25, 0.3) is 5.76 Å².